The second kappa shape index (κ2) is 7.60. The number of primary amides is 1. The van der Waals surface area contributed by atoms with E-state index in [0.29, 0.717) is 31.5 Å². The average Bonchev–Trinajstić information content (AvgIpc) is 2.96. The number of carbonyl (C=O) groups excluding carboxylic acids is 2. The first kappa shape index (κ1) is 18.9. The van der Waals surface area contributed by atoms with Gasteiger partial charge in [-0.25, -0.2) is 9.50 Å². The van der Waals surface area contributed by atoms with Crippen LogP contribution < -0.4 is 5.73 Å². The van der Waals surface area contributed by atoms with Gasteiger partial charge < -0.3 is 15.7 Å². The molecular weight excluding hydrogens is 322 g/mol. The normalized spacial score (nSPS) is 12.4. The van der Waals surface area contributed by atoms with Gasteiger partial charge in [0.1, 0.15) is 5.56 Å². The Labute approximate surface area is 146 Å². The minimum absolute atomic E-state index is 0.0119. The summed E-state index contributed by atoms with van der Waals surface area (Å²) in [6.45, 7) is 5.96. The fraction of sp³-hybridized carbons (Fsp3) is 0.529. The summed E-state index contributed by atoms with van der Waals surface area (Å²) in [5.74, 6) is -0.554. The highest BCUT2D eigenvalue weighted by Crippen LogP contribution is 2.18. The van der Waals surface area contributed by atoms with Gasteiger partial charge in [-0.05, 0) is 39.2 Å². The Hall–Kier alpha value is -2.48. The van der Waals surface area contributed by atoms with Gasteiger partial charge >= 0.3 is 0 Å². The van der Waals surface area contributed by atoms with E-state index in [9.17, 15) is 14.7 Å². The molecule has 2 aromatic rings. The Morgan fingerprint density at radius 2 is 2.08 bits per heavy atom. The van der Waals surface area contributed by atoms with E-state index in [0.717, 1.165) is 17.0 Å². The van der Waals surface area contributed by atoms with Gasteiger partial charge in [-0.1, -0.05) is 0 Å². The summed E-state index contributed by atoms with van der Waals surface area (Å²) in [6.07, 6.45) is 2.41. The Balaban J connectivity index is 2.16. The van der Waals surface area contributed by atoms with Crippen molar-refractivity contribution in [1.29, 1.82) is 0 Å². The molecule has 8 nitrogen and oxygen atoms in total. The predicted molar refractivity (Wildman–Crippen MR) is 93.2 cm³/mol. The smallest absolute Gasteiger partial charge is 0.254 e. The van der Waals surface area contributed by atoms with Crippen LogP contribution in [0.4, 0.5) is 0 Å². The number of amides is 2. The summed E-state index contributed by atoms with van der Waals surface area (Å²) in [7, 11) is 1.73. The predicted octanol–water partition coefficient (Wildman–Crippen LogP) is 0.607. The minimum Gasteiger partial charge on any atom is -0.393 e. The molecule has 0 saturated heterocycles. The summed E-state index contributed by atoms with van der Waals surface area (Å²) in [4.78, 5) is 29.8. The highest BCUT2D eigenvalue weighted by atomic mass is 16.3. The van der Waals surface area contributed by atoms with Crippen molar-refractivity contribution in [1.82, 2.24) is 19.5 Å². The van der Waals surface area contributed by atoms with Crippen molar-refractivity contribution >= 4 is 17.5 Å². The molecule has 0 radical (unpaired) electrons. The number of hydrogen-bond donors (Lipinski definition) is 2. The van der Waals surface area contributed by atoms with E-state index in [1.54, 1.807) is 23.4 Å². The number of carbonyl (C=O) groups is 2. The molecule has 0 aliphatic carbocycles. The molecule has 0 aliphatic heterocycles. The van der Waals surface area contributed by atoms with Crippen LogP contribution in [0.1, 0.15) is 47.1 Å². The monoisotopic (exact) mass is 347 g/mol. The molecule has 2 amide bonds. The van der Waals surface area contributed by atoms with Crippen LogP contribution >= 0.6 is 0 Å². The fourth-order valence-electron chi connectivity index (χ4n) is 2.77. The number of aliphatic hydroxyl groups is 1. The first-order chi connectivity index (χ1) is 11.7. The third-order valence-electron chi connectivity index (χ3n) is 4.37. The molecule has 2 heterocycles. The number of aliphatic hydroxyl groups excluding tert-OH is 1. The molecule has 0 aromatic carbocycles. The number of nitrogens with zero attached hydrogens (tertiary/aromatic N) is 4. The van der Waals surface area contributed by atoms with E-state index < -0.39 is 12.0 Å². The molecule has 3 N–H and O–H groups in total. The van der Waals surface area contributed by atoms with Gasteiger partial charge in [0.15, 0.2) is 5.65 Å². The quantitative estimate of drug-likeness (QED) is 0.761. The third-order valence-corrected chi connectivity index (χ3v) is 4.37. The summed E-state index contributed by atoms with van der Waals surface area (Å²) < 4.78 is 1.59. The van der Waals surface area contributed by atoms with Crippen LogP contribution in [0.3, 0.4) is 0 Å². The molecule has 136 valence electrons. The number of fused-ring (bicyclic) bond motifs is 1. The van der Waals surface area contributed by atoms with Crippen LogP contribution in [0.2, 0.25) is 0 Å². The van der Waals surface area contributed by atoms with Gasteiger partial charge in [-0.2, -0.15) is 5.10 Å². The van der Waals surface area contributed by atoms with E-state index in [-0.39, 0.29) is 11.5 Å². The van der Waals surface area contributed by atoms with Crippen LogP contribution in [0, 0.1) is 13.8 Å². The number of aromatic nitrogens is 3. The Morgan fingerprint density at radius 1 is 1.40 bits per heavy atom. The van der Waals surface area contributed by atoms with Crippen molar-refractivity contribution in [2.45, 2.75) is 46.1 Å². The Kier molecular flexibility index (Phi) is 5.73. The average molecular weight is 347 g/mol. The Morgan fingerprint density at radius 3 is 2.68 bits per heavy atom. The molecule has 0 unspecified atom stereocenters. The van der Waals surface area contributed by atoms with Gasteiger partial charge in [0.05, 0.1) is 12.3 Å². The van der Waals surface area contributed by atoms with Crippen molar-refractivity contribution in [2.75, 3.05) is 13.6 Å². The van der Waals surface area contributed by atoms with Crippen LogP contribution in [0.15, 0.2) is 6.20 Å². The van der Waals surface area contributed by atoms with E-state index in [1.807, 2.05) is 13.8 Å². The lowest BCUT2D eigenvalue weighted by molar-refractivity contribution is -0.130. The molecule has 1 atom stereocenters. The van der Waals surface area contributed by atoms with E-state index in [4.69, 9.17) is 5.73 Å². The van der Waals surface area contributed by atoms with E-state index >= 15 is 0 Å². The lowest BCUT2D eigenvalue weighted by Crippen LogP contribution is -2.29. The van der Waals surface area contributed by atoms with Gasteiger partial charge in [-0.15, -0.1) is 0 Å². The highest BCUT2D eigenvalue weighted by molar-refractivity contribution is 5.98. The lowest BCUT2D eigenvalue weighted by Gasteiger charge is -2.18. The lowest BCUT2D eigenvalue weighted by atomic mass is 10.1. The Bertz CT molecular complexity index is 797. The molecule has 2 rings (SSSR count). The molecule has 8 heteroatoms. The van der Waals surface area contributed by atoms with Gasteiger partial charge in [0.2, 0.25) is 5.91 Å². The molecule has 0 spiro atoms. The van der Waals surface area contributed by atoms with Crippen LogP contribution in [0.25, 0.3) is 5.65 Å². The number of rotatable bonds is 7. The first-order valence-corrected chi connectivity index (χ1v) is 8.28. The second-order valence-corrected chi connectivity index (χ2v) is 6.37. The van der Waals surface area contributed by atoms with E-state index in [1.165, 1.54) is 6.20 Å². The number of aryl methyl sites for hydroxylation is 2. The summed E-state index contributed by atoms with van der Waals surface area (Å²) >= 11 is 0. The van der Waals surface area contributed by atoms with Crippen molar-refractivity contribution < 1.29 is 14.7 Å². The second-order valence-electron chi connectivity index (χ2n) is 6.37. The van der Waals surface area contributed by atoms with Crippen molar-refractivity contribution in [3.05, 3.63) is 28.7 Å². The maximum atomic E-state index is 12.2. The summed E-state index contributed by atoms with van der Waals surface area (Å²) in [5, 5.41) is 13.5. The SMILES string of the molecule is Cc1nc2c(C(N)=O)cnn2c(C)c1CCC(=O)N(C)CC[C@H](C)O. The number of hydrogen-bond acceptors (Lipinski definition) is 5. The summed E-state index contributed by atoms with van der Waals surface area (Å²) in [5.41, 5.74) is 8.60. The maximum Gasteiger partial charge on any atom is 0.254 e. The molecule has 25 heavy (non-hydrogen) atoms. The molecule has 0 saturated carbocycles. The number of nitrogens with two attached hydrogens (primary N) is 1. The zero-order valence-corrected chi connectivity index (χ0v) is 15.1. The minimum atomic E-state index is -0.566. The third kappa shape index (κ3) is 4.14. The van der Waals surface area contributed by atoms with Crippen LogP contribution in [-0.4, -0.2) is 56.1 Å². The fourth-order valence-corrected chi connectivity index (χ4v) is 2.77. The zero-order chi connectivity index (χ0) is 18.7. The first-order valence-electron chi connectivity index (χ1n) is 8.28. The maximum absolute atomic E-state index is 12.2. The van der Waals surface area contributed by atoms with Crippen LogP contribution in [0.5, 0.6) is 0 Å². The van der Waals surface area contributed by atoms with Gasteiger partial charge in [-0.3, -0.25) is 9.59 Å². The highest BCUT2D eigenvalue weighted by Gasteiger charge is 2.18. The van der Waals surface area contributed by atoms with Crippen molar-refractivity contribution in [3.8, 4) is 0 Å². The summed E-state index contributed by atoms with van der Waals surface area (Å²) in [6, 6.07) is 0. The molecule has 0 bridgehead atoms. The standard InChI is InChI=1S/C17H25N5O3/c1-10(23)7-8-21(4)15(24)6-5-13-11(2)20-17-14(16(18)25)9-19-22(17)12(13)3/h9-10,23H,5-8H2,1-4H3,(H2,18,25)/t10-/m0/s1. The van der Waals surface area contributed by atoms with Gasteiger partial charge in [0, 0.05) is 31.4 Å². The molecule has 0 aliphatic rings. The van der Waals surface area contributed by atoms with Crippen LogP contribution in [-0.2, 0) is 11.2 Å². The largest absolute Gasteiger partial charge is 0.393 e. The van der Waals surface area contributed by atoms with Crippen molar-refractivity contribution in [2.24, 2.45) is 5.73 Å². The molecular formula is C17H25N5O3. The topological polar surface area (TPSA) is 114 Å². The van der Waals surface area contributed by atoms with E-state index in [2.05, 4.69) is 10.1 Å². The van der Waals surface area contributed by atoms with Gasteiger partial charge in [0.25, 0.3) is 5.91 Å². The molecule has 0 fully saturated rings. The van der Waals surface area contributed by atoms with Crippen molar-refractivity contribution in [3.63, 3.8) is 0 Å². The zero-order valence-electron chi connectivity index (χ0n) is 15.1. The molecule has 2 aromatic heterocycles.